The molecule has 0 aliphatic carbocycles. The molecule has 0 saturated carbocycles. The highest BCUT2D eigenvalue weighted by Gasteiger charge is 1.83. The predicted octanol–water partition coefficient (Wildman–Crippen LogP) is -0.655. The molecule has 0 rings (SSSR count). The average Bonchev–Trinajstić information content (AvgIpc) is 1.83. The van der Waals surface area contributed by atoms with Crippen LogP contribution in [0, 0.1) is 0 Å². The molecule has 0 heterocycles. The van der Waals surface area contributed by atoms with E-state index in [2.05, 4.69) is 10.4 Å². The lowest BCUT2D eigenvalue weighted by molar-refractivity contribution is 0.260. The second-order valence-electron chi connectivity index (χ2n) is 1.30. The molecule has 0 aliphatic heterocycles. The second-order valence-corrected chi connectivity index (χ2v) is 1.30. The Labute approximate surface area is 49.3 Å². The lowest BCUT2D eigenvalue weighted by Crippen LogP contribution is -2.42. The van der Waals surface area contributed by atoms with Gasteiger partial charge in [0.25, 0.3) is 0 Å². The quantitative estimate of drug-likeness (QED) is 0.223. The van der Waals surface area contributed by atoms with Gasteiger partial charge in [0.05, 0.1) is 6.34 Å². The van der Waals surface area contributed by atoms with E-state index in [0.29, 0.717) is 0 Å². The molecule has 4 heteroatoms. The Morgan fingerprint density at radius 2 is 2.50 bits per heavy atom. The molecule has 0 fully saturated rings. The van der Waals surface area contributed by atoms with Gasteiger partial charge in [-0.15, -0.1) is 0 Å². The van der Waals surface area contributed by atoms with Crippen molar-refractivity contribution in [3.05, 3.63) is 0 Å². The van der Waals surface area contributed by atoms with Gasteiger partial charge in [0, 0.05) is 13.6 Å². The summed E-state index contributed by atoms with van der Waals surface area (Å²) in [6.45, 7) is 2.70. The first-order chi connectivity index (χ1) is 3.81. The van der Waals surface area contributed by atoms with E-state index in [1.165, 1.54) is 11.5 Å². The number of nitrogens with one attached hydrogen (secondary N) is 1. The van der Waals surface area contributed by atoms with Gasteiger partial charge in [-0.05, 0) is 6.92 Å². The van der Waals surface area contributed by atoms with E-state index in [-0.39, 0.29) is 0 Å². The number of aliphatic imine (C=N–C) groups is 1. The van der Waals surface area contributed by atoms with Crippen molar-refractivity contribution in [2.45, 2.75) is 6.92 Å². The number of hydrazine groups is 2. The molecule has 0 amide bonds. The normalized spacial score (nSPS) is 11.0. The fourth-order valence-electron chi connectivity index (χ4n) is 0.223. The Kier molecular flexibility index (Phi) is 4.20. The maximum atomic E-state index is 5.29. The third kappa shape index (κ3) is 3.58. The molecule has 0 radical (unpaired) electrons. The van der Waals surface area contributed by atoms with Crippen LogP contribution in [0.3, 0.4) is 0 Å². The van der Waals surface area contributed by atoms with Crippen LogP contribution in [-0.2, 0) is 0 Å². The Morgan fingerprint density at radius 3 is 2.88 bits per heavy atom. The topological polar surface area (TPSA) is 53.6 Å². The van der Waals surface area contributed by atoms with Gasteiger partial charge < -0.3 is 0 Å². The van der Waals surface area contributed by atoms with Crippen LogP contribution in [-0.4, -0.2) is 25.0 Å². The predicted molar refractivity (Wildman–Crippen MR) is 34.1 cm³/mol. The summed E-state index contributed by atoms with van der Waals surface area (Å²) in [7, 11) is 1.68. The summed E-state index contributed by atoms with van der Waals surface area (Å²) >= 11 is 0. The summed E-state index contributed by atoms with van der Waals surface area (Å²) < 4.78 is 0. The Bertz CT molecular complexity index is 70.4. The molecule has 0 aliphatic rings. The Morgan fingerprint density at radius 1 is 1.88 bits per heavy atom. The van der Waals surface area contributed by atoms with Crippen LogP contribution >= 0.6 is 0 Å². The second kappa shape index (κ2) is 4.55. The number of rotatable bonds is 3. The van der Waals surface area contributed by atoms with Crippen molar-refractivity contribution in [3.63, 3.8) is 0 Å². The molecule has 0 aromatic heterocycles. The molecule has 0 aromatic rings. The first-order valence-electron chi connectivity index (χ1n) is 2.50. The van der Waals surface area contributed by atoms with E-state index >= 15 is 0 Å². The van der Waals surface area contributed by atoms with Crippen LogP contribution in [0.15, 0.2) is 4.99 Å². The van der Waals surface area contributed by atoms with E-state index in [1.807, 2.05) is 6.92 Å². The maximum absolute atomic E-state index is 5.29. The minimum absolute atomic E-state index is 0.756. The van der Waals surface area contributed by atoms with Crippen molar-refractivity contribution in [2.24, 2.45) is 10.8 Å². The molecule has 0 spiro atoms. The summed E-state index contributed by atoms with van der Waals surface area (Å²) in [5.74, 6) is 5.29. The SMILES string of the molecule is CCN(N)N/C=N\C. The van der Waals surface area contributed by atoms with E-state index in [4.69, 9.17) is 5.84 Å². The molecule has 48 valence electrons. The van der Waals surface area contributed by atoms with Crippen molar-refractivity contribution in [2.75, 3.05) is 13.6 Å². The van der Waals surface area contributed by atoms with Crippen LogP contribution < -0.4 is 11.3 Å². The van der Waals surface area contributed by atoms with E-state index in [0.717, 1.165) is 6.54 Å². The van der Waals surface area contributed by atoms with Gasteiger partial charge in [-0.2, -0.15) is 5.12 Å². The van der Waals surface area contributed by atoms with Crippen molar-refractivity contribution in [1.82, 2.24) is 10.5 Å². The van der Waals surface area contributed by atoms with E-state index in [9.17, 15) is 0 Å². The van der Waals surface area contributed by atoms with Crippen LogP contribution in [0.5, 0.6) is 0 Å². The van der Waals surface area contributed by atoms with E-state index in [1.54, 1.807) is 7.05 Å². The van der Waals surface area contributed by atoms with Crippen molar-refractivity contribution in [3.8, 4) is 0 Å². The highest BCUT2D eigenvalue weighted by molar-refractivity contribution is 5.52. The van der Waals surface area contributed by atoms with Crippen molar-refractivity contribution in [1.29, 1.82) is 0 Å². The number of hydrogen-bond donors (Lipinski definition) is 2. The highest BCUT2D eigenvalue weighted by atomic mass is 15.7. The lowest BCUT2D eigenvalue weighted by Gasteiger charge is -2.10. The summed E-state index contributed by atoms with van der Waals surface area (Å²) in [4.78, 5) is 3.67. The average molecular weight is 116 g/mol. The first kappa shape index (κ1) is 7.39. The minimum atomic E-state index is 0.756. The zero-order valence-electron chi connectivity index (χ0n) is 5.26. The van der Waals surface area contributed by atoms with Gasteiger partial charge in [0.1, 0.15) is 0 Å². The molecule has 0 saturated heterocycles. The van der Waals surface area contributed by atoms with Gasteiger partial charge in [0.2, 0.25) is 0 Å². The Hall–Kier alpha value is -0.610. The minimum Gasteiger partial charge on any atom is -0.296 e. The zero-order valence-corrected chi connectivity index (χ0v) is 5.26. The van der Waals surface area contributed by atoms with Gasteiger partial charge in [-0.25, -0.2) is 0 Å². The fraction of sp³-hybridized carbons (Fsp3) is 0.750. The van der Waals surface area contributed by atoms with Crippen LogP contribution in [0.25, 0.3) is 0 Å². The maximum Gasteiger partial charge on any atom is 0.0975 e. The molecule has 0 bridgehead atoms. The molecule has 3 N–H and O–H groups in total. The third-order valence-electron chi connectivity index (χ3n) is 0.693. The number of hydrogen-bond acceptors (Lipinski definition) is 3. The van der Waals surface area contributed by atoms with Crippen molar-refractivity contribution >= 4 is 6.34 Å². The standard InChI is InChI=1S/C4H12N4/c1-3-8(5)7-4-6-2/h4H,3,5H2,1-2H3,(H,6,7). The fourth-order valence-corrected chi connectivity index (χ4v) is 0.223. The molecule has 8 heavy (non-hydrogen) atoms. The zero-order chi connectivity index (χ0) is 6.41. The van der Waals surface area contributed by atoms with Gasteiger partial charge in [-0.3, -0.25) is 16.3 Å². The molecule has 0 unspecified atom stereocenters. The number of nitrogens with two attached hydrogens (primary N) is 1. The summed E-state index contributed by atoms with van der Waals surface area (Å²) in [5.41, 5.74) is 2.70. The molecular formula is C4H12N4. The molecule has 0 aromatic carbocycles. The highest BCUT2D eigenvalue weighted by Crippen LogP contribution is 1.61. The monoisotopic (exact) mass is 116 g/mol. The first-order valence-corrected chi connectivity index (χ1v) is 2.50. The van der Waals surface area contributed by atoms with Gasteiger partial charge in [0.15, 0.2) is 0 Å². The van der Waals surface area contributed by atoms with Crippen molar-refractivity contribution < 1.29 is 0 Å². The summed E-state index contributed by atoms with van der Waals surface area (Å²) in [5, 5.41) is 1.44. The Balaban J connectivity index is 3.10. The van der Waals surface area contributed by atoms with Gasteiger partial charge >= 0.3 is 0 Å². The number of nitrogens with zero attached hydrogens (tertiary/aromatic N) is 2. The smallest absolute Gasteiger partial charge is 0.0975 e. The molecule has 4 nitrogen and oxygen atoms in total. The summed E-state index contributed by atoms with van der Waals surface area (Å²) in [6.07, 6.45) is 1.53. The third-order valence-corrected chi connectivity index (χ3v) is 0.693. The van der Waals surface area contributed by atoms with Crippen LogP contribution in [0.4, 0.5) is 0 Å². The largest absolute Gasteiger partial charge is 0.296 e. The summed E-state index contributed by atoms with van der Waals surface area (Å²) in [6, 6.07) is 0. The van der Waals surface area contributed by atoms with Crippen LogP contribution in [0.1, 0.15) is 6.92 Å². The van der Waals surface area contributed by atoms with Gasteiger partial charge in [-0.1, -0.05) is 0 Å². The molecular weight excluding hydrogens is 104 g/mol. The lowest BCUT2D eigenvalue weighted by atomic mass is 10.8. The van der Waals surface area contributed by atoms with Crippen LogP contribution in [0.2, 0.25) is 0 Å². The van der Waals surface area contributed by atoms with E-state index < -0.39 is 0 Å². The molecule has 0 atom stereocenters.